The number of likely N-dealkylation sites (N-methyl/N-ethyl adjacent to an activating group) is 1. The van der Waals surface area contributed by atoms with E-state index in [-0.39, 0.29) is 6.10 Å². The largest absolute Gasteiger partial charge is 0.378 e. The molecule has 2 heterocycles. The standard InChI is InChI=1S/C17H25NO2/c1-18-16(9-8-14-6-4-11-19-14)17-15-7-3-2-5-13(15)10-12-20-17/h2-3,5,7,14,16-18H,4,6,8-12H2,1H3. The van der Waals surface area contributed by atoms with E-state index in [0.29, 0.717) is 12.1 Å². The summed E-state index contributed by atoms with van der Waals surface area (Å²) < 4.78 is 11.8. The van der Waals surface area contributed by atoms with Crippen LogP contribution in [0.25, 0.3) is 0 Å². The number of benzene rings is 1. The van der Waals surface area contributed by atoms with Gasteiger partial charge in [-0.05, 0) is 50.3 Å². The van der Waals surface area contributed by atoms with Crippen molar-refractivity contribution in [2.45, 2.75) is 50.4 Å². The van der Waals surface area contributed by atoms with Crippen LogP contribution in [0.1, 0.15) is 42.9 Å². The summed E-state index contributed by atoms with van der Waals surface area (Å²) in [5.74, 6) is 0. The molecule has 110 valence electrons. The highest BCUT2D eigenvalue weighted by Gasteiger charge is 2.28. The lowest BCUT2D eigenvalue weighted by Gasteiger charge is -2.33. The molecule has 0 bridgehead atoms. The maximum Gasteiger partial charge on any atom is 0.0980 e. The Morgan fingerprint density at radius 1 is 1.25 bits per heavy atom. The summed E-state index contributed by atoms with van der Waals surface area (Å²) in [7, 11) is 2.04. The van der Waals surface area contributed by atoms with E-state index in [1.165, 1.54) is 24.0 Å². The van der Waals surface area contributed by atoms with Gasteiger partial charge in [-0.25, -0.2) is 0 Å². The number of fused-ring (bicyclic) bond motifs is 1. The van der Waals surface area contributed by atoms with E-state index in [9.17, 15) is 0 Å². The van der Waals surface area contributed by atoms with Crippen molar-refractivity contribution >= 4 is 0 Å². The fourth-order valence-electron chi connectivity index (χ4n) is 3.44. The van der Waals surface area contributed by atoms with Gasteiger partial charge in [0.2, 0.25) is 0 Å². The Labute approximate surface area is 121 Å². The molecule has 0 aliphatic carbocycles. The molecule has 20 heavy (non-hydrogen) atoms. The maximum absolute atomic E-state index is 6.07. The Morgan fingerprint density at radius 3 is 2.95 bits per heavy atom. The predicted octanol–water partition coefficient (Wildman–Crippen LogP) is 2.85. The van der Waals surface area contributed by atoms with Gasteiger partial charge < -0.3 is 14.8 Å². The van der Waals surface area contributed by atoms with Crippen LogP contribution in [-0.4, -0.2) is 32.4 Å². The van der Waals surface area contributed by atoms with Gasteiger partial charge in [-0.3, -0.25) is 0 Å². The molecule has 3 unspecified atom stereocenters. The molecule has 0 saturated carbocycles. The molecule has 0 radical (unpaired) electrons. The summed E-state index contributed by atoms with van der Waals surface area (Å²) in [5, 5.41) is 3.46. The van der Waals surface area contributed by atoms with Crippen LogP contribution in [0.4, 0.5) is 0 Å². The molecule has 1 saturated heterocycles. The highest BCUT2D eigenvalue weighted by Crippen LogP contribution is 2.32. The highest BCUT2D eigenvalue weighted by molar-refractivity contribution is 5.31. The Bertz CT molecular complexity index is 429. The zero-order chi connectivity index (χ0) is 13.8. The van der Waals surface area contributed by atoms with Crippen LogP contribution in [0.15, 0.2) is 24.3 Å². The van der Waals surface area contributed by atoms with Gasteiger partial charge in [0.1, 0.15) is 0 Å². The highest BCUT2D eigenvalue weighted by atomic mass is 16.5. The first kappa shape index (κ1) is 14.1. The summed E-state index contributed by atoms with van der Waals surface area (Å²) in [5.41, 5.74) is 2.81. The number of rotatable bonds is 5. The molecular formula is C17H25NO2. The smallest absolute Gasteiger partial charge is 0.0980 e. The van der Waals surface area contributed by atoms with E-state index in [1.807, 2.05) is 7.05 Å². The van der Waals surface area contributed by atoms with Crippen LogP contribution in [-0.2, 0) is 15.9 Å². The van der Waals surface area contributed by atoms with Gasteiger partial charge in [-0.1, -0.05) is 24.3 Å². The summed E-state index contributed by atoms with van der Waals surface area (Å²) >= 11 is 0. The SMILES string of the molecule is CNC(CCC1CCCO1)C1OCCc2ccccc21. The molecule has 0 amide bonds. The van der Waals surface area contributed by atoms with Crippen molar-refractivity contribution in [3.63, 3.8) is 0 Å². The van der Waals surface area contributed by atoms with E-state index >= 15 is 0 Å². The second kappa shape index (κ2) is 6.70. The minimum atomic E-state index is 0.186. The van der Waals surface area contributed by atoms with Crippen LogP contribution in [0.3, 0.4) is 0 Å². The van der Waals surface area contributed by atoms with Crippen LogP contribution in [0, 0.1) is 0 Å². The fraction of sp³-hybridized carbons (Fsp3) is 0.647. The molecule has 1 fully saturated rings. The van der Waals surface area contributed by atoms with Gasteiger partial charge in [0.25, 0.3) is 0 Å². The molecule has 0 spiro atoms. The molecular weight excluding hydrogens is 250 g/mol. The first-order chi connectivity index (χ1) is 9.88. The van der Waals surface area contributed by atoms with E-state index in [2.05, 4.69) is 29.6 Å². The van der Waals surface area contributed by atoms with Gasteiger partial charge in [-0.15, -0.1) is 0 Å². The third-order valence-corrected chi connectivity index (χ3v) is 4.59. The molecule has 1 aromatic rings. The first-order valence-electron chi connectivity index (χ1n) is 7.87. The summed E-state index contributed by atoms with van der Waals surface area (Å²) in [6, 6.07) is 9.07. The van der Waals surface area contributed by atoms with E-state index in [4.69, 9.17) is 9.47 Å². The van der Waals surface area contributed by atoms with Gasteiger partial charge in [0.15, 0.2) is 0 Å². The average Bonchev–Trinajstić information content (AvgIpc) is 3.01. The van der Waals surface area contributed by atoms with E-state index in [0.717, 1.165) is 32.5 Å². The topological polar surface area (TPSA) is 30.5 Å². The summed E-state index contributed by atoms with van der Waals surface area (Å²) in [6.45, 7) is 1.78. The lowest BCUT2D eigenvalue weighted by molar-refractivity contribution is 0.01000. The second-order valence-electron chi connectivity index (χ2n) is 5.85. The normalized spacial score (nSPS) is 27.2. The molecule has 3 rings (SSSR count). The monoisotopic (exact) mass is 275 g/mol. The molecule has 3 heteroatoms. The van der Waals surface area contributed by atoms with E-state index < -0.39 is 0 Å². The fourth-order valence-corrected chi connectivity index (χ4v) is 3.44. The molecule has 1 N–H and O–H groups in total. The maximum atomic E-state index is 6.07. The van der Waals surface area contributed by atoms with Gasteiger partial charge in [-0.2, -0.15) is 0 Å². The third kappa shape index (κ3) is 3.05. The molecule has 2 aliphatic heterocycles. The lowest BCUT2D eigenvalue weighted by Crippen LogP contribution is -2.37. The van der Waals surface area contributed by atoms with Gasteiger partial charge in [0, 0.05) is 12.6 Å². The zero-order valence-corrected chi connectivity index (χ0v) is 12.3. The molecule has 3 atom stereocenters. The van der Waals surface area contributed by atoms with Crippen molar-refractivity contribution < 1.29 is 9.47 Å². The van der Waals surface area contributed by atoms with Crippen molar-refractivity contribution in [3.05, 3.63) is 35.4 Å². The minimum Gasteiger partial charge on any atom is -0.378 e. The van der Waals surface area contributed by atoms with Crippen LogP contribution < -0.4 is 5.32 Å². The Hall–Kier alpha value is -0.900. The van der Waals surface area contributed by atoms with Gasteiger partial charge >= 0.3 is 0 Å². The van der Waals surface area contributed by atoms with Crippen molar-refractivity contribution in [1.29, 1.82) is 0 Å². The van der Waals surface area contributed by atoms with Crippen molar-refractivity contribution in [2.75, 3.05) is 20.3 Å². The minimum absolute atomic E-state index is 0.186. The first-order valence-corrected chi connectivity index (χ1v) is 7.87. The van der Waals surface area contributed by atoms with Crippen molar-refractivity contribution in [1.82, 2.24) is 5.32 Å². The Morgan fingerprint density at radius 2 is 2.15 bits per heavy atom. The number of hydrogen-bond donors (Lipinski definition) is 1. The molecule has 3 nitrogen and oxygen atoms in total. The van der Waals surface area contributed by atoms with Crippen LogP contribution in [0.5, 0.6) is 0 Å². The van der Waals surface area contributed by atoms with Crippen molar-refractivity contribution in [3.8, 4) is 0 Å². The quantitative estimate of drug-likeness (QED) is 0.896. The second-order valence-corrected chi connectivity index (χ2v) is 5.85. The van der Waals surface area contributed by atoms with Gasteiger partial charge in [0.05, 0.1) is 18.8 Å². The van der Waals surface area contributed by atoms with Crippen LogP contribution >= 0.6 is 0 Å². The zero-order valence-electron chi connectivity index (χ0n) is 12.3. The Kier molecular flexibility index (Phi) is 4.71. The van der Waals surface area contributed by atoms with Crippen molar-refractivity contribution in [2.24, 2.45) is 0 Å². The van der Waals surface area contributed by atoms with Crippen LogP contribution in [0.2, 0.25) is 0 Å². The third-order valence-electron chi connectivity index (χ3n) is 4.59. The lowest BCUT2D eigenvalue weighted by atomic mass is 9.90. The van der Waals surface area contributed by atoms with E-state index in [1.54, 1.807) is 0 Å². The average molecular weight is 275 g/mol. The summed E-state index contributed by atoms with van der Waals surface area (Å²) in [4.78, 5) is 0. The molecule has 0 aromatic heterocycles. The summed E-state index contributed by atoms with van der Waals surface area (Å²) in [6.07, 6.45) is 6.37. The number of ether oxygens (including phenoxy) is 2. The predicted molar refractivity (Wildman–Crippen MR) is 79.9 cm³/mol. The number of nitrogens with one attached hydrogen (secondary N) is 1. The molecule has 1 aromatic carbocycles. The number of hydrogen-bond acceptors (Lipinski definition) is 3. The molecule has 2 aliphatic rings. The Balaban J connectivity index is 1.66.